The Balaban J connectivity index is 2.05. The fourth-order valence-electron chi connectivity index (χ4n) is 2.21. The highest BCUT2D eigenvalue weighted by atomic mass is 32.2. The maximum Gasteiger partial charge on any atom is 0.0516 e. The van der Waals surface area contributed by atoms with Crippen molar-refractivity contribution >= 4 is 10.8 Å². The standard InChI is InChI=1S/C17H21NOS/c1-13-7-6-8-15(11-13)12-20(19)14(2)17(18)16-9-4-3-5-10-16/h3-11,14,17H,12,18H2,1-2H3. The van der Waals surface area contributed by atoms with E-state index in [0.717, 1.165) is 11.1 Å². The Labute approximate surface area is 123 Å². The lowest BCUT2D eigenvalue weighted by Crippen LogP contribution is -2.28. The first-order valence-electron chi connectivity index (χ1n) is 6.81. The van der Waals surface area contributed by atoms with Crippen molar-refractivity contribution in [1.82, 2.24) is 0 Å². The van der Waals surface area contributed by atoms with Gasteiger partial charge < -0.3 is 5.73 Å². The number of nitrogens with two attached hydrogens (primary N) is 1. The number of rotatable bonds is 5. The first-order valence-corrected chi connectivity index (χ1v) is 8.19. The van der Waals surface area contributed by atoms with E-state index in [2.05, 4.69) is 6.07 Å². The zero-order valence-electron chi connectivity index (χ0n) is 12.0. The van der Waals surface area contributed by atoms with Crippen molar-refractivity contribution < 1.29 is 4.21 Å². The summed E-state index contributed by atoms with van der Waals surface area (Å²) in [5.41, 5.74) is 9.57. The second-order valence-corrected chi connectivity index (χ2v) is 6.95. The molecule has 0 saturated carbocycles. The van der Waals surface area contributed by atoms with Gasteiger partial charge in [0.05, 0.1) is 5.25 Å². The van der Waals surface area contributed by atoms with Crippen LogP contribution in [0.5, 0.6) is 0 Å². The molecule has 0 fully saturated rings. The van der Waals surface area contributed by atoms with Crippen molar-refractivity contribution in [2.75, 3.05) is 0 Å². The Bertz CT molecular complexity index is 583. The smallest absolute Gasteiger partial charge is 0.0516 e. The summed E-state index contributed by atoms with van der Waals surface area (Å²) in [7, 11) is -0.980. The quantitative estimate of drug-likeness (QED) is 0.916. The predicted octanol–water partition coefficient (Wildman–Crippen LogP) is 3.33. The molecule has 106 valence electrons. The minimum Gasteiger partial charge on any atom is -0.323 e. The summed E-state index contributed by atoms with van der Waals surface area (Å²) >= 11 is 0. The van der Waals surface area contributed by atoms with E-state index in [1.54, 1.807) is 0 Å². The van der Waals surface area contributed by atoms with Crippen molar-refractivity contribution in [2.24, 2.45) is 5.73 Å². The van der Waals surface area contributed by atoms with Crippen LogP contribution in [-0.4, -0.2) is 9.46 Å². The maximum absolute atomic E-state index is 12.5. The molecule has 2 aromatic rings. The third-order valence-electron chi connectivity index (χ3n) is 3.50. The maximum atomic E-state index is 12.5. The van der Waals surface area contributed by atoms with Crippen LogP contribution in [0.15, 0.2) is 54.6 Å². The van der Waals surface area contributed by atoms with Gasteiger partial charge in [-0.3, -0.25) is 4.21 Å². The van der Waals surface area contributed by atoms with Crippen LogP contribution in [0.25, 0.3) is 0 Å². The molecule has 2 nitrogen and oxygen atoms in total. The van der Waals surface area contributed by atoms with Crippen LogP contribution in [0, 0.1) is 6.92 Å². The highest BCUT2D eigenvalue weighted by Gasteiger charge is 2.20. The van der Waals surface area contributed by atoms with E-state index >= 15 is 0 Å². The van der Waals surface area contributed by atoms with Crippen LogP contribution in [0.3, 0.4) is 0 Å². The van der Waals surface area contributed by atoms with E-state index in [1.165, 1.54) is 5.56 Å². The zero-order valence-corrected chi connectivity index (χ0v) is 12.8. The Morgan fingerprint density at radius 3 is 2.45 bits per heavy atom. The van der Waals surface area contributed by atoms with Gasteiger partial charge in [0.1, 0.15) is 0 Å². The monoisotopic (exact) mass is 287 g/mol. The lowest BCUT2D eigenvalue weighted by molar-refractivity contribution is 0.642. The number of hydrogen-bond donors (Lipinski definition) is 1. The van der Waals surface area contributed by atoms with Crippen molar-refractivity contribution in [2.45, 2.75) is 30.9 Å². The molecule has 20 heavy (non-hydrogen) atoms. The second kappa shape index (κ2) is 6.82. The molecule has 3 heteroatoms. The normalized spacial score (nSPS) is 15.6. The zero-order chi connectivity index (χ0) is 14.5. The fourth-order valence-corrected chi connectivity index (χ4v) is 3.46. The minimum absolute atomic E-state index is 0.0714. The highest BCUT2D eigenvalue weighted by Crippen LogP contribution is 2.20. The molecule has 3 atom stereocenters. The predicted molar refractivity (Wildman–Crippen MR) is 85.9 cm³/mol. The Morgan fingerprint density at radius 2 is 1.80 bits per heavy atom. The van der Waals surface area contributed by atoms with Gasteiger partial charge in [0.2, 0.25) is 0 Å². The van der Waals surface area contributed by atoms with Gasteiger partial charge in [0, 0.05) is 22.6 Å². The van der Waals surface area contributed by atoms with Crippen LogP contribution in [0.4, 0.5) is 0 Å². The molecule has 0 aromatic heterocycles. The van der Waals surface area contributed by atoms with Gasteiger partial charge in [-0.25, -0.2) is 0 Å². The van der Waals surface area contributed by atoms with Crippen LogP contribution in [0.1, 0.15) is 29.7 Å². The van der Waals surface area contributed by atoms with Crippen LogP contribution in [0.2, 0.25) is 0 Å². The third-order valence-corrected chi connectivity index (χ3v) is 5.24. The summed E-state index contributed by atoms with van der Waals surface area (Å²) < 4.78 is 12.5. The van der Waals surface area contributed by atoms with Gasteiger partial charge in [-0.1, -0.05) is 60.2 Å². The van der Waals surface area contributed by atoms with Gasteiger partial charge in [-0.2, -0.15) is 0 Å². The first kappa shape index (κ1) is 14.9. The summed E-state index contributed by atoms with van der Waals surface area (Å²) in [6, 6.07) is 17.8. The van der Waals surface area contributed by atoms with Crippen molar-refractivity contribution in [3.63, 3.8) is 0 Å². The van der Waals surface area contributed by atoms with E-state index in [4.69, 9.17) is 5.73 Å². The average Bonchev–Trinajstić information content (AvgIpc) is 2.46. The molecule has 2 rings (SSSR count). The lowest BCUT2D eigenvalue weighted by atomic mass is 10.1. The van der Waals surface area contributed by atoms with Crippen molar-refractivity contribution in [3.05, 3.63) is 71.3 Å². The fraction of sp³-hybridized carbons (Fsp3) is 0.294. The minimum atomic E-state index is -0.980. The number of hydrogen-bond acceptors (Lipinski definition) is 2. The average molecular weight is 287 g/mol. The number of benzene rings is 2. The molecular weight excluding hydrogens is 266 g/mol. The highest BCUT2D eigenvalue weighted by molar-refractivity contribution is 7.84. The molecule has 2 aromatic carbocycles. The molecule has 2 N–H and O–H groups in total. The second-order valence-electron chi connectivity index (χ2n) is 5.16. The molecule has 0 aliphatic carbocycles. The van der Waals surface area contributed by atoms with Crippen LogP contribution >= 0.6 is 0 Å². The molecule has 0 aliphatic heterocycles. The Hall–Kier alpha value is -1.45. The summed E-state index contributed by atoms with van der Waals surface area (Å²) in [4.78, 5) is 0. The van der Waals surface area contributed by atoms with Crippen molar-refractivity contribution in [1.29, 1.82) is 0 Å². The molecule has 0 aliphatic rings. The molecule has 0 heterocycles. The van der Waals surface area contributed by atoms with E-state index in [1.807, 2.05) is 62.4 Å². The Kier molecular flexibility index (Phi) is 5.10. The molecule has 3 unspecified atom stereocenters. The van der Waals surface area contributed by atoms with E-state index in [0.29, 0.717) is 5.75 Å². The summed E-state index contributed by atoms with van der Waals surface area (Å²) in [6.45, 7) is 4.01. The molecular formula is C17H21NOS. The lowest BCUT2D eigenvalue weighted by Gasteiger charge is -2.20. The van der Waals surface area contributed by atoms with Gasteiger partial charge in [0.25, 0.3) is 0 Å². The summed E-state index contributed by atoms with van der Waals surface area (Å²) in [5.74, 6) is 0.559. The molecule has 0 saturated heterocycles. The van der Waals surface area contributed by atoms with Crippen LogP contribution < -0.4 is 5.73 Å². The van der Waals surface area contributed by atoms with E-state index in [-0.39, 0.29) is 11.3 Å². The summed E-state index contributed by atoms with van der Waals surface area (Å²) in [6.07, 6.45) is 0. The summed E-state index contributed by atoms with van der Waals surface area (Å²) in [5, 5.41) is -0.0714. The van der Waals surface area contributed by atoms with Gasteiger partial charge in [-0.05, 0) is 25.0 Å². The van der Waals surface area contributed by atoms with Gasteiger partial charge >= 0.3 is 0 Å². The van der Waals surface area contributed by atoms with E-state index < -0.39 is 10.8 Å². The van der Waals surface area contributed by atoms with Crippen LogP contribution in [-0.2, 0) is 16.6 Å². The Morgan fingerprint density at radius 1 is 1.10 bits per heavy atom. The molecule has 0 radical (unpaired) electrons. The first-order chi connectivity index (χ1) is 9.58. The SMILES string of the molecule is Cc1cccc(CS(=O)C(C)C(N)c2ccccc2)c1. The molecule has 0 spiro atoms. The van der Waals surface area contributed by atoms with Gasteiger partial charge in [-0.15, -0.1) is 0 Å². The van der Waals surface area contributed by atoms with Crippen molar-refractivity contribution in [3.8, 4) is 0 Å². The van der Waals surface area contributed by atoms with E-state index in [9.17, 15) is 4.21 Å². The molecule has 0 amide bonds. The topological polar surface area (TPSA) is 43.1 Å². The largest absolute Gasteiger partial charge is 0.323 e. The molecule has 0 bridgehead atoms. The number of aryl methyl sites for hydroxylation is 1. The van der Waals surface area contributed by atoms with Gasteiger partial charge in [0.15, 0.2) is 0 Å². The third kappa shape index (κ3) is 3.78.